The Morgan fingerprint density at radius 1 is 1.37 bits per heavy atom. The first-order valence-electron chi connectivity index (χ1n) is 5.81. The van der Waals surface area contributed by atoms with Gasteiger partial charge >= 0.3 is 0 Å². The third kappa shape index (κ3) is 5.51. The van der Waals surface area contributed by atoms with Crippen LogP contribution in [0.5, 0.6) is 5.75 Å². The zero-order valence-corrected chi connectivity index (χ0v) is 12.2. The molecule has 1 aromatic rings. The van der Waals surface area contributed by atoms with E-state index in [2.05, 4.69) is 17.1 Å². The molecule has 0 amide bonds. The van der Waals surface area contributed by atoms with Gasteiger partial charge in [0.05, 0.1) is 28.9 Å². The quantitative estimate of drug-likeness (QED) is 0.258. The maximum absolute atomic E-state index is 6.08. The molecule has 6 heteroatoms. The lowest BCUT2D eigenvalue weighted by Crippen LogP contribution is -2.11. The summed E-state index contributed by atoms with van der Waals surface area (Å²) in [6.45, 7) is 6.48. The molecule has 0 aliphatic heterocycles. The molecular weight excluding hydrogens is 287 g/mol. The van der Waals surface area contributed by atoms with Crippen molar-refractivity contribution >= 4 is 35.2 Å². The number of hydrogen-bond acceptors (Lipinski definition) is 3. The zero-order valence-electron chi connectivity index (χ0n) is 10.7. The molecule has 0 saturated carbocycles. The highest BCUT2D eigenvalue weighted by molar-refractivity contribution is 6.37. The van der Waals surface area contributed by atoms with E-state index in [1.165, 1.54) is 6.34 Å². The lowest BCUT2D eigenvalue weighted by Gasteiger charge is -2.09. The van der Waals surface area contributed by atoms with Gasteiger partial charge in [0.2, 0.25) is 0 Å². The first-order valence-corrected chi connectivity index (χ1v) is 6.57. The number of halogens is 2. The van der Waals surface area contributed by atoms with Crippen molar-refractivity contribution in [2.75, 3.05) is 13.2 Å². The van der Waals surface area contributed by atoms with Crippen LogP contribution in [-0.4, -0.2) is 19.6 Å². The van der Waals surface area contributed by atoms with Crippen LogP contribution in [0.25, 0.3) is 0 Å². The number of nitrogens with one attached hydrogen (secondary N) is 1. The van der Waals surface area contributed by atoms with Crippen LogP contribution in [0.2, 0.25) is 10.0 Å². The van der Waals surface area contributed by atoms with Crippen molar-refractivity contribution in [1.29, 1.82) is 0 Å². The fourth-order valence-electron chi connectivity index (χ4n) is 1.21. The Balaban J connectivity index is 2.68. The molecule has 0 aromatic heterocycles. The molecule has 0 atom stereocenters. The molecule has 0 saturated heterocycles. The predicted octanol–water partition coefficient (Wildman–Crippen LogP) is 4.15. The van der Waals surface area contributed by atoms with E-state index < -0.39 is 0 Å². The van der Waals surface area contributed by atoms with Crippen molar-refractivity contribution in [2.24, 2.45) is 4.99 Å². The summed E-state index contributed by atoms with van der Waals surface area (Å²) in [4.78, 5) is 9.04. The molecule has 0 spiro atoms. The summed E-state index contributed by atoms with van der Waals surface area (Å²) in [5.41, 5.74) is 3.15. The third-order valence-corrected chi connectivity index (χ3v) is 2.55. The summed E-state index contributed by atoms with van der Waals surface area (Å²) < 4.78 is 5.46. The van der Waals surface area contributed by atoms with Crippen LogP contribution in [0.1, 0.15) is 13.3 Å². The van der Waals surface area contributed by atoms with Crippen molar-refractivity contribution < 1.29 is 9.57 Å². The van der Waals surface area contributed by atoms with Gasteiger partial charge < -0.3 is 4.74 Å². The summed E-state index contributed by atoms with van der Waals surface area (Å²) >= 11 is 12.2. The maximum Gasteiger partial charge on any atom is 0.156 e. The molecule has 1 N–H and O–H groups in total. The SMILES string of the molecule is C=CCONC=Nc1cc(Cl)c(OCCC)c(Cl)c1. The molecule has 0 radical (unpaired) electrons. The summed E-state index contributed by atoms with van der Waals surface area (Å²) in [6.07, 6.45) is 3.91. The molecule has 1 aromatic carbocycles. The Bertz CT molecular complexity index is 427. The van der Waals surface area contributed by atoms with Gasteiger partial charge in [-0.25, -0.2) is 4.99 Å². The van der Waals surface area contributed by atoms with E-state index in [9.17, 15) is 0 Å². The van der Waals surface area contributed by atoms with Gasteiger partial charge in [0.15, 0.2) is 5.75 Å². The minimum absolute atomic E-state index is 0.386. The second-order valence-corrected chi connectivity index (χ2v) is 4.38. The van der Waals surface area contributed by atoms with Crippen molar-refractivity contribution in [3.05, 3.63) is 34.8 Å². The smallest absolute Gasteiger partial charge is 0.156 e. The average Bonchev–Trinajstić information content (AvgIpc) is 2.38. The number of nitrogens with zero attached hydrogens (tertiary/aromatic N) is 1. The largest absolute Gasteiger partial charge is 0.490 e. The first kappa shape index (κ1) is 15.8. The van der Waals surface area contributed by atoms with Crippen LogP contribution >= 0.6 is 23.2 Å². The molecule has 0 aliphatic carbocycles. The van der Waals surface area contributed by atoms with Crippen molar-refractivity contribution in [3.63, 3.8) is 0 Å². The van der Waals surface area contributed by atoms with E-state index in [1.54, 1.807) is 18.2 Å². The molecule has 104 valence electrons. The van der Waals surface area contributed by atoms with Gasteiger partial charge in [0.25, 0.3) is 0 Å². The number of rotatable bonds is 8. The number of ether oxygens (including phenoxy) is 1. The highest BCUT2D eigenvalue weighted by Gasteiger charge is 2.08. The highest BCUT2D eigenvalue weighted by Crippen LogP contribution is 2.36. The lowest BCUT2D eigenvalue weighted by atomic mass is 10.3. The topological polar surface area (TPSA) is 42.8 Å². The molecule has 0 aliphatic rings. The van der Waals surface area contributed by atoms with Crippen LogP contribution in [0.3, 0.4) is 0 Å². The van der Waals surface area contributed by atoms with E-state index in [-0.39, 0.29) is 0 Å². The molecule has 0 bridgehead atoms. The number of hydrogen-bond donors (Lipinski definition) is 1. The van der Waals surface area contributed by atoms with Gasteiger partial charge in [-0.3, -0.25) is 10.3 Å². The highest BCUT2D eigenvalue weighted by atomic mass is 35.5. The van der Waals surface area contributed by atoms with Crippen LogP contribution in [-0.2, 0) is 4.84 Å². The molecule has 0 heterocycles. The number of benzene rings is 1. The van der Waals surface area contributed by atoms with Crippen LogP contribution in [0, 0.1) is 0 Å². The van der Waals surface area contributed by atoms with Gasteiger partial charge in [-0.2, -0.15) is 0 Å². The van der Waals surface area contributed by atoms with E-state index >= 15 is 0 Å². The molecule has 4 nitrogen and oxygen atoms in total. The van der Waals surface area contributed by atoms with Crippen molar-refractivity contribution in [1.82, 2.24) is 5.48 Å². The Morgan fingerprint density at radius 3 is 2.63 bits per heavy atom. The van der Waals surface area contributed by atoms with Crippen LogP contribution < -0.4 is 10.2 Å². The maximum atomic E-state index is 6.08. The number of hydroxylamine groups is 1. The Hall–Kier alpha value is -1.23. The minimum atomic E-state index is 0.386. The zero-order chi connectivity index (χ0) is 14.1. The fourth-order valence-corrected chi connectivity index (χ4v) is 1.79. The Kier molecular flexibility index (Phi) is 7.33. The van der Waals surface area contributed by atoms with Crippen LogP contribution in [0.4, 0.5) is 5.69 Å². The summed E-state index contributed by atoms with van der Waals surface area (Å²) in [5.74, 6) is 0.486. The Morgan fingerprint density at radius 2 is 2.05 bits per heavy atom. The summed E-state index contributed by atoms with van der Waals surface area (Å²) in [6, 6.07) is 3.34. The van der Waals surface area contributed by atoms with E-state index in [0.29, 0.717) is 34.7 Å². The van der Waals surface area contributed by atoms with Crippen molar-refractivity contribution in [3.8, 4) is 5.75 Å². The van der Waals surface area contributed by atoms with Gasteiger partial charge in [0.1, 0.15) is 6.34 Å². The lowest BCUT2D eigenvalue weighted by molar-refractivity contribution is 0.114. The second-order valence-electron chi connectivity index (χ2n) is 3.56. The standard InChI is InChI=1S/C13H16Cl2N2O2/c1-3-5-18-13-11(14)7-10(8-12(13)15)16-9-17-19-6-4-2/h4,7-9H,2-3,5-6H2,1H3,(H,16,17). The first-order chi connectivity index (χ1) is 9.19. The Labute approximate surface area is 123 Å². The van der Waals surface area contributed by atoms with Crippen LogP contribution in [0.15, 0.2) is 29.8 Å². The van der Waals surface area contributed by atoms with E-state index in [0.717, 1.165) is 6.42 Å². The van der Waals surface area contributed by atoms with Gasteiger partial charge in [-0.1, -0.05) is 36.2 Å². The van der Waals surface area contributed by atoms with Gasteiger partial charge in [-0.15, -0.1) is 6.58 Å². The minimum Gasteiger partial charge on any atom is -0.490 e. The summed E-state index contributed by atoms with van der Waals surface area (Å²) in [5, 5.41) is 0.861. The average molecular weight is 303 g/mol. The van der Waals surface area contributed by atoms with E-state index in [1.807, 2.05) is 6.92 Å². The molecule has 19 heavy (non-hydrogen) atoms. The predicted molar refractivity (Wildman–Crippen MR) is 79.7 cm³/mol. The molecular formula is C13H16Cl2N2O2. The van der Waals surface area contributed by atoms with E-state index in [4.69, 9.17) is 32.8 Å². The van der Waals surface area contributed by atoms with Gasteiger partial charge in [0, 0.05) is 0 Å². The van der Waals surface area contributed by atoms with Gasteiger partial charge in [-0.05, 0) is 18.6 Å². The second kappa shape index (κ2) is 8.80. The van der Waals surface area contributed by atoms with Crippen molar-refractivity contribution in [2.45, 2.75) is 13.3 Å². The molecule has 1 rings (SSSR count). The fraction of sp³-hybridized carbons (Fsp3) is 0.308. The number of aliphatic imine (C=N–C) groups is 1. The molecule has 0 fully saturated rings. The molecule has 0 unspecified atom stereocenters. The monoisotopic (exact) mass is 302 g/mol. The third-order valence-electron chi connectivity index (χ3n) is 1.98. The summed E-state index contributed by atoms with van der Waals surface area (Å²) in [7, 11) is 0. The normalized spacial score (nSPS) is 10.7.